The predicted octanol–water partition coefficient (Wildman–Crippen LogP) is 5.37. The summed E-state index contributed by atoms with van der Waals surface area (Å²) in [4.78, 5) is 26.2. The summed E-state index contributed by atoms with van der Waals surface area (Å²) in [5.74, 6) is -2.02. The Morgan fingerprint density at radius 3 is 2.00 bits per heavy atom. The summed E-state index contributed by atoms with van der Waals surface area (Å²) in [7, 11) is -3.17. The van der Waals surface area contributed by atoms with E-state index >= 15 is 0 Å². The van der Waals surface area contributed by atoms with Gasteiger partial charge in [-0.15, -0.1) is 0 Å². The number of carbonyl (C=O) groups excluding carboxylic acids is 2. The van der Waals surface area contributed by atoms with Gasteiger partial charge in [-0.25, -0.2) is 8.42 Å². The van der Waals surface area contributed by atoms with Crippen molar-refractivity contribution >= 4 is 49.9 Å². The average Bonchev–Trinajstić information content (AvgIpc) is 2.71. The Balaban J connectivity index is 2.46. The minimum Gasteiger partial charge on any atom is -0.357 e. The Morgan fingerprint density at radius 1 is 0.974 bits per heavy atom. The summed E-state index contributed by atoms with van der Waals surface area (Å²) >= 11 is 1.80. The first-order valence-corrected chi connectivity index (χ1v) is 14.1. The molecule has 2 rings (SSSR count). The van der Waals surface area contributed by atoms with Gasteiger partial charge in [0.15, 0.2) is 0 Å². The highest BCUT2D eigenvalue weighted by atomic mass is 127. The van der Waals surface area contributed by atoms with Crippen LogP contribution in [-0.2, 0) is 20.2 Å². The minimum absolute atomic E-state index is 0.0982. The van der Waals surface area contributed by atoms with Crippen LogP contribution in [0.15, 0.2) is 36.4 Å². The molecule has 2 N–H and O–H groups in total. The number of anilines is 1. The van der Waals surface area contributed by atoms with Crippen molar-refractivity contribution in [2.45, 2.75) is 44.3 Å². The van der Waals surface area contributed by atoms with Crippen LogP contribution in [0.4, 0.5) is 32.0 Å². The molecule has 0 aliphatic heterocycles. The number of alkyl halides is 6. The van der Waals surface area contributed by atoms with Crippen molar-refractivity contribution in [2.24, 2.45) is 0 Å². The molecule has 0 spiro atoms. The molecule has 0 saturated heterocycles. The molecule has 0 saturated carbocycles. The van der Waals surface area contributed by atoms with Crippen LogP contribution in [0.1, 0.15) is 45.7 Å². The van der Waals surface area contributed by atoms with Crippen LogP contribution in [-0.4, -0.2) is 57.2 Å². The van der Waals surface area contributed by atoms with E-state index in [0.717, 1.165) is 12.3 Å². The predicted molar refractivity (Wildman–Crippen MR) is 140 cm³/mol. The second kappa shape index (κ2) is 11.2. The molecule has 2 aromatic carbocycles. The molecule has 216 valence electrons. The van der Waals surface area contributed by atoms with Crippen molar-refractivity contribution in [2.75, 3.05) is 24.4 Å². The van der Waals surface area contributed by atoms with E-state index in [1.54, 1.807) is 22.6 Å². The lowest BCUT2D eigenvalue weighted by Crippen LogP contribution is -2.55. The summed E-state index contributed by atoms with van der Waals surface area (Å²) in [5.41, 5.74) is -7.53. The number of carbonyl (C=O) groups is 2. The molecule has 2 amide bonds. The van der Waals surface area contributed by atoms with E-state index in [0.29, 0.717) is 22.8 Å². The number of hydrogen-bond acceptors (Lipinski definition) is 5. The topological polar surface area (TPSA) is 102 Å². The number of halogens is 7. The first-order valence-electron chi connectivity index (χ1n) is 11.0. The molecule has 7 nitrogen and oxygen atoms in total. The van der Waals surface area contributed by atoms with E-state index in [1.807, 2.05) is 0 Å². The standard InChI is InChI=1S/C24H25F6IN2O5S/c1-13-11-14(22(38-4,23(25,26)27)24(28,29)30)9-10-17(13)32-19(34)15-7-6-8-16(31)18(15)20(35)33-21(2,3)12-39(5,36)37/h6-11H,12H2,1-5H3,(H,32,34)(H,33,35). The van der Waals surface area contributed by atoms with E-state index in [-0.39, 0.29) is 28.1 Å². The minimum atomic E-state index is -5.84. The zero-order valence-electron chi connectivity index (χ0n) is 21.3. The SMILES string of the molecule is COC(c1ccc(NC(=O)c2cccc(I)c2C(=O)NC(C)(C)CS(C)(=O)=O)c(C)c1)(C(F)(F)F)C(F)(F)F. The molecule has 0 radical (unpaired) electrons. The molecular weight excluding hydrogens is 669 g/mol. The van der Waals surface area contributed by atoms with Gasteiger partial charge in [-0.3, -0.25) is 9.59 Å². The van der Waals surface area contributed by atoms with E-state index < -0.39 is 50.7 Å². The van der Waals surface area contributed by atoms with Gasteiger partial charge in [0.25, 0.3) is 17.4 Å². The summed E-state index contributed by atoms with van der Waals surface area (Å²) in [6.45, 7) is 4.16. The van der Waals surface area contributed by atoms with Gasteiger partial charge in [0, 0.05) is 33.7 Å². The zero-order valence-corrected chi connectivity index (χ0v) is 24.2. The Kier molecular flexibility index (Phi) is 9.45. The van der Waals surface area contributed by atoms with E-state index in [1.165, 1.54) is 39.0 Å². The maximum absolute atomic E-state index is 13.6. The molecule has 2 aromatic rings. The second-order valence-electron chi connectivity index (χ2n) is 9.44. The highest BCUT2D eigenvalue weighted by Gasteiger charge is 2.73. The normalized spacial score (nSPS) is 13.2. The molecule has 0 aliphatic carbocycles. The third-order valence-electron chi connectivity index (χ3n) is 5.55. The van der Waals surface area contributed by atoms with Crippen LogP contribution in [0.25, 0.3) is 0 Å². The molecule has 0 aromatic heterocycles. The quantitative estimate of drug-likeness (QED) is 0.286. The summed E-state index contributed by atoms with van der Waals surface area (Å²) in [6.07, 6.45) is -10.7. The Hall–Kier alpha value is -2.40. The molecule has 39 heavy (non-hydrogen) atoms. The number of amides is 2. The van der Waals surface area contributed by atoms with Gasteiger partial charge in [0.2, 0.25) is 0 Å². The lowest BCUT2D eigenvalue weighted by Gasteiger charge is -2.36. The third-order valence-corrected chi connectivity index (χ3v) is 7.69. The van der Waals surface area contributed by atoms with Crippen LogP contribution < -0.4 is 10.6 Å². The van der Waals surface area contributed by atoms with Crippen LogP contribution in [0.2, 0.25) is 0 Å². The monoisotopic (exact) mass is 694 g/mol. The molecular formula is C24H25F6IN2O5S. The largest absolute Gasteiger partial charge is 0.430 e. The van der Waals surface area contributed by atoms with Crippen LogP contribution in [0, 0.1) is 10.5 Å². The van der Waals surface area contributed by atoms with Gasteiger partial charge >= 0.3 is 12.4 Å². The highest BCUT2D eigenvalue weighted by molar-refractivity contribution is 14.1. The molecule has 0 bridgehead atoms. The maximum Gasteiger partial charge on any atom is 0.430 e. The molecule has 0 fully saturated rings. The van der Waals surface area contributed by atoms with Crippen molar-refractivity contribution in [3.63, 3.8) is 0 Å². The van der Waals surface area contributed by atoms with Crippen LogP contribution >= 0.6 is 22.6 Å². The van der Waals surface area contributed by atoms with Gasteiger partial charge in [-0.1, -0.05) is 18.2 Å². The van der Waals surface area contributed by atoms with Crippen molar-refractivity contribution in [1.29, 1.82) is 0 Å². The fourth-order valence-corrected chi connectivity index (χ4v) is 6.18. The molecule has 15 heteroatoms. The number of sulfone groups is 1. The average molecular weight is 694 g/mol. The summed E-state index contributed by atoms with van der Waals surface area (Å²) < 4.78 is 109. The number of nitrogens with one attached hydrogen (secondary N) is 2. The number of aryl methyl sites for hydroxylation is 1. The number of benzene rings is 2. The maximum atomic E-state index is 13.6. The van der Waals surface area contributed by atoms with E-state index in [2.05, 4.69) is 15.4 Å². The van der Waals surface area contributed by atoms with Crippen molar-refractivity contribution in [3.8, 4) is 0 Å². The number of ether oxygens (including phenoxy) is 1. The van der Waals surface area contributed by atoms with Crippen LogP contribution in [0.3, 0.4) is 0 Å². The van der Waals surface area contributed by atoms with Gasteiger partial charge in [0.05, 0.1) is 16.9 Å². The van der Waals surface area contributed by atoms with Crippen LogP contribution in [0.5, 0.6) is 0 Å². The lowest BCUT2D eigenvalue weighted by atomic mass is 9.90. The zero-order chi connectivity index (χ0) is 30.2. The fraction of sp³-hybridized carbons (Fsp3) is 0.417. The third kappa shape index (κ3) is 7.22. The molecule has 0 heterocycles. The van der Waals surface area contributed by atoms with Gasteiger partial charge in [-0.2, -0.15) is 26.3 Å². The fourth-order valence-electron chi connectivity index (χ4n) is 4.06. The number of hydrogen-bond donors (Lipinski definition) is 2. The van der Waals surface area contributed by atoms with Crippen molar-refractivity contribution in [1.82, 2.24) is 5.32 Å². The lowest BCUT2D eigenvalue weighted by molar-refractivity contribution is -0.383. The first kappa shape index (κ1) is 32.8. The number of methoxy groups -OCH3 is 1. The molecule has 0 atom stereocenters. The van der Waals surface area contributed by atoms with Gasteiger partial charge in [-0.05, 0) is 67.1 Å². The van der Waals surface area contributed by atoms with Crippen molar-refractivity contribution in [3.05, 3.63) is 62.2 Å². The Bertz CT molecular complexity index is 1360. The van der Waals surface area contributed by atoms with Crippen molar-refractivity contribution < 1.29 is 49.1 Å². The van der Waals surface area contributed by atoms with Gasteiger partial charge in [0.1, 0.15) is 9.84 Å². The highest BCUT2D eigenvalue weighted by Crippen LogP contribution is 2.52. The molecule has 0 aliphatic rings. The summed E-state index contributed by atoms with van der Waals surface area (Å²) in [6, 6.07) is 6.30. The Morgan fingerprint density at radius 2 is 1.54 bits per heavy atom. The van der Waals surface area contributed by atoms with Gasteiger partial charge < -0.3 is 15.4 Å². The number of rotatable bonds is 8. The smallest absolute Gasteiger partial charge is 0.357 e. The Labute approximate surface area is 234 Å². The van der Waals surface area contributed by atoms with E-state index in [4.69, 9.17) is 0 Å². The van der Waals surface area contributed by atoms with E-state index in [9.17, 15) is 44.3 Å². The first-order chi connectivity index (χ1) is 17.6. The molecule has 0 unspecified atom stereocenters. The summed E-state index contributed by atoms with van der Waals surface area (Å²) in [5, 5.41) is 4.97. The second-order valence-corrected chi connectivity index (χ2v) is 12.7.